The van der Waals surface area contributed by atoms with Gasteiger partial charge in [-0.2, -0.15) is 0 Å². The average molecular weight is 277 g/mol. The van der Waals surface area contributed by atoms with E-state index in [9.17, 15) is 15.0 Å². The fourth-order valence-corrected chi connectivity index (χ4v) is 1.56. The Balaban J connectivity index is 2.99. The van der Waals surface area contributed by atoms with Crippen LogP contribution in [0.15, 0.2) is 5.11 Å². The highest BCUT2D eigenvalue weighted by atomic mass is 16.8. The lowest BCUT2D eigenvalue weighted by Gasteiger charge is -2.45. The number of amides is 1. The molecule has 11 heteroatoms. The summed E-state index contributed by atoms with van der Waals surface area (Å²) in [5.74, 6) is -0.590. The average Bonchev–Trinajstić information content (AvgIpc) is 2.36. The van der Waals surface area contributed by atoms with Crippen LogP contribution < -0.4 is 11.2 Å². The lowest BCUT2D eigenvalue weighted by Crippen LogP contribution is -2.71. The molecule has 0 saturated carbocycles. The summed E-state index contributed by atoms with van der Waals surface area (Å²) in [7, 11) is 0. The highest BCUT2D eigenvalue weighted by Crippen LogP contribution is 2.29. The van der Waals surface area contributed by atoms with Gasteiger partial charge in [-0.3, -0.25) is 4.79 Å². The van der Waals surface area contributed by atoms with Gasteiger partial charge in [0.25, 0.3) is 0 Å². The van der Waals surface area contributed by atoms with Gasteiger partial charge in [-0.25, -0.2) is 10.3 Å². The predicted molar refractivity (Wildman–Crippen MR) is 58.7 cm³/mol. The lowest BCUT2D eigenvalue weighted by atomic mass is 9.92. The number of aliphatic hydroxyl groups excluding tert-OH is 3. The zero-order valence-corrected chi connectivity index (χ0v) is 10.0. The van der Waals surface area contributed by atoms with Gasteiger partial charge in [0.1, 0.15) is 18.3 Å². The fraction of sp³-hybridized carbons (Fsp3) is 0.875. The molecule has 108 valence electrons. The largest absolute Gasteiger partial charge is 0.394 e. The number of hydroxylamine groups is 1. The molecular weight excluding hydrogens is 262 g/mol. The molecule has 1 amide bonds. The summed E-state index contributed by atoms with van der Waals surface area (Å²) in [6, 6.07) is 0. The quantitative estimate of drug-likeness (QED) is 0.162. The van der Waals surface area contributed by atoms with Crippen molar-refractivity contribution in [2.24, 2.45) is 10.8 Å². The smallest absolute Gasteiger partial charge is 0.240 e. The molecule has 19 heavy (non-hydrogen) atoms. The molecule has 1 fully saturated rings. The van der Waals surface area contributed by atoms with E-state index in [-0.39, 0.29) is 0 Å². The van der Waals surface area contributed by atoms with E-state index >= 15 is 0 Å². The number of carbonyl (C=O) groups is 1. The fourth-order valence-electron chi connectivity index (χ4n) is 1.56. The third-order valence-corrected chi connectivity index (χ3v) is 2.56. The molecule has 1 unspecified atom stereocenters. The number of carbonyl (C=O) groups excluding carboxylic acids is 1. The molecule has 1 heterocycles. The van der Waals surface area contributed by atoms with Crippen molar-refractivity contribution in [2.45, 2.75) is 37.2 Å². The monoisotopic (exact) mass is 277 g/mol. The van der Waals surface area contributed by atoms with E-state index < -0.39 is 42.8 Å². The molecule has 0 aromatic carbocycles. The summed E-state index contributed by atoms with van der Waals surface area (Å²) in [4.78, 5) is 18.0. The Labute approximate surface area is 107 Å². The highest BCUT2D eigenvalue weighted by Gasteiger charge is 2.54. The van der Waals surface area contributed by atoms with Gasteiger partial charge >= 0.3 is 0 Å². The Morgan fingerprint density at radius 2 is 2.32 bits per heavy atom. The third kappa shape index (κ3) is 3.11. The van der Waals surface area contributed by atoms with Crippen LogP contribution in [0, 0.1) is 0 Å². The number of nitrogens with one attached hydrogen (secondary N) is 1. The molecule has 5 atom stereocenters. The van der Waals surface area contributed by atoms with Crippen LogP contribution in [0.1, 0.15) is 6.92 Å². The summed E-state index contributed by atoms with van der Waals surface area (Å²) < 4.78 is 5.05. The standard InChI is InChI=1S/C8H15N5O6/c1-3(15)11-19-7-8(9,12-13-10)6(17)5(16)4(2-14)18-7/h4-7,14,16-17H,2,9H2,1H3,(H,11,15)/t4-,5+,6+,7?,8+/m1/s1. The van der Waals surface area contributed by atoms with Crippen LogP contribution in [-0.2, 0) is 14.4 Å². The molecule has 0 aliphatic carbocycles. The zero-order valence-electron chi connectivity index (χ0n) is 10.0. The van der Waals surface area contributed by atoms with E-state index in [2.05, 4.69) is 10.0 Å². The Morgan fingerprint density at radius 1 is 1.68 bits per heavy atom. The molecule has 6 N–H and O–H groups in total. The lowest BCUT2D eigenvalue weighted by molar-refractivity contribution is -0.304. The highest BCUT2D eigenvalue weighted by molar-refractivity contribution is 5.71. The molecule has 0 aromatic rings. The van der Waals surface area contributed by atoms with Gasteiger partial charge in [0.05, 0.1) is 6.61 Å². The third-order valence-electron chi connectivity index (χ3n) is 2.56. The SMILES string of the molecule is CC(=O)NOC1O[C@H](CO)[C@H](O)[C@H](O)[C@]1(N)N=[N+]=[N-]. The van der Waals surface area contributed by atoms with Gasteiger partial charge in [-0.1, -0.05) is 5.11 Å². The van der Waals surface area contributed by atoms with Gasteiger partial charge in [-0.05, 0) is 5.53 Å². The maximum Gasteiger partial charge on any atom is 0.240 e. The molecule has 0 aromatic heterocycles. The maximum absolute atomic E-state index is 10.8. The van der Waals surface area contributed by atoms with Crippen LogP contribution in [0.3, 0.4) is 0 Å². The first-order valence-electron chi connectivity index (χ1n) is 5.26. The second kappa shape index (κ2) is 6.12. The zero-order chi connectivity index (χ0) is 14.6. The molecule has 1 saturated heterocycles. The molecule has 11 nitrogen and oxygen atoms in total. The summed E-state index contributed by atoms with van der Waals surface area (Å²) in [6.45, 7) is 0.508. The maximum atomic E-state index is 10.8. The summed E-state index contributed by atoms with van der Waals surface area (Å²) in [5.41, 5.74) is 13.8. The molecule has 1 rings (SSSR count). The van der Waals surface area contributed by atoms with Gasteiger partial charge in [0.15, 0.2) is 5.66 Å². The van der Waals surface area contributed by atoms with Gasteiger partial charge in [0.2, 0.25) is 12.2 Å². The Bertz CT molecular complexity index is 388. The summed E-state index contributed by atoms with van der Waals surface area (Å²) >= 11 is 0. The normalized spacial score (nSPS) is 38.4. The van der Waals surface area contributed by atoms with E-state index in [1.807, 2.05) is 5.48 Å². The minimum atomic E-state index is -2.16. The van der Waals surface area contributed by atoms with Gasteiger partial charge in [0, 0.05) is 11.8 Å². The van der Waals surface area contributed by atoms with Crippen LogP contribution in [-0.4, -0.2) is 58.1 Å². The van der Waals surface area contributed by atoms with Crippen LogP contribution in [0.25, 0.3) is 10.4 Å². The molecular formula is C8H15N5O6. The van der Waals surface area contributed by atoms with E-state index in [0.29, 0.717) is 0 Å². The van der Waals surface area contributed by atoms with Crippen molar-refractivity contribution in [2.75, 3.05) is 6.61 Å². The van der Waals surface area contributed by atoms with Crippen molar-refractivity contribution in [1.29, 1.82) is 0 Å². The Hall–Kier alpha value is -1.46. The molecule has 1 aliphatic heterocycles. The van der Waals surface area contributed by atoms with Crippen LogP contribution in [0.2, 0.25) is 0 Å². The molecule has 1 aliphatic rings. The van der Waals surface area contributed by atoms with E-state index in [0.717, 1.165) is 6.92 Å². The number of hydrogen-bond acceptors (Lipinski definition) is 8. The minimum absolute atomic E-state index is 0.590. The van der Waals surface area contributed by atoms with Crippen LogP contribution in [0.5, 0.6) is 0 Å². The van der Waals surface area contributed by atoms with Crippen LogP contribution >= 0.6 is 0 Å². The van der Waals surface area contributed by atoms with Crippen molar-refractivity contribution in [1.82, 2.24) is 5.48 Å². The summed E-state index contributed by atoms with van der Waals surface area (Å²) in [5, 5.41) is 31.6. The first-order chi connectivity index (χ1) is 8.86. The number of hydrogen-bond donors (Lipinski definition) is 5. The molecule has 0 radical (unpaired) electrons. The van der Waals surface area contributed by atoms with E-state index in [1.165, 1.54) is 0 Å². The second-order valence-electron chi connectivity index (χ2n) is 3.98. The first-order valence-corrected chi connectivity index (χ1v) is 5.26. The second-order valence-corrected chi connectivity index (χ2v) is 3.98. The van der Waals surface area contributed by atoms with Crippen molar-refractivity contribution in [3.8, 4) is 0 Å². The van der Waals surface area contributed by atoms with Crippen molar-refractivity contribution >= 4 is 5.91 Å². The minimum Gasteiger partial charge on any atom is -0.394 e. The number of aliphatic hydroxyl groups is 3. The van der Waals surface area contributed by atoms with Crippen molar-refractivity contribution in [3.05, 3.63) is 10.4 Å². The van der Waals surface area contributed by atoms with Gasteiger partial charge in [-0.15, -0.1) is 0 Å². The number of rotatable bonds is 4. The summed E-state index contributed by atoms with van der Waals surface area (Å²) in [6.07, 6.45) is -6.13. The number of ether oxygens (including phenoxy) is 1. The van der Waals surface area contributed by atoms with Crippen molar-refractivity contribution in [3.63, 3.8) is 0 Å². The number of azide groups is 1. The van der Waals surface area contributed by atoms with E-state index in [4.69, 9.17) is 25.9 Å². The molecule has 0 bridgehead atoms. The number of nitrogens with zero attached hydrogens (tertiary/aromatic N) is 3. The van der Waals surface area contributed by atoms with Crippen LogP contribution in [0.4, 0.5) is 0 Å². The molecule has 0 spiro atoms. The van der Waals surface area contributed by atoms with Crippen molar-refractivity contribution < 1.29 is 29.7 Å². The topological polar surface area (TPSA) is 183 Å². The van der Waals surface area contributed by atoms with E-state index in [1.54, 1.807) is 0 Å². The Kier molecular flexibility index (Phi) is 5.03. The predicted octanol–water partition coefficient (Wildman–Crippen LogP) is -2.54. The first kappa shape index (κ1) is 15.6. The number of nitrogens with two attached hydrogens (primary N) is 1. The Morgan fingerprint density at radius 3 is 2.79 bits per heavy atom. The van der Waals surface area contributed by atoms with Gasteiger partial charge < -0.3 is 25.8 Å².